The largest absolute Gasteiger partial charge is 0.0776 e. The molecular formula is C75H120. The van der Waals surface area contributed by atoms with Crippen molar-refractivity contribution in [3.63, 3.8) is 0 Å². The summed E-state index contributed by atoms with van der Waals surface area (Å²) < 4.78 is 0. The highest BCUT2D eigenvalue weighted by Crippen LogP contribution is 2.86. The Kier molecular flexibility index (Phi) is 36.2. The minimum Gasteiger partial charge on any atom is -0.0776 e. The Bertz CT molecular complexity index is 2360. The molecule has 75 heavy (non-hydrogen) atoms. The first-order valence-corrected chi connectivity index (χ1v) is 28.8. The van der Waals surface area contributed by atoms with E-state index >= 15 is 0 Å². The van der Waals surface area contributed by atoms with Crippen LogP contribution in [0.15, 0.2) is 146 Å². The molecule has 0 aliphatic heterocycles. The topological polar surface area (TPSA) is 0 Å². The van der Waals surface area contributed by atoms with Crippen LogP contribution in [0, 0.1) is 35.5 Å². The van der Waals surface area contributed by atoms with Gasteiger partial charge in [-0.25, -0.2) is 0 Å². The van der Waals surface area contributed by atoms with Gasteiger partial charge in [-0.05, 0) is 157 Å². The SMILES string of the molecule is C.C.C.C.C.C.CC.CC.CC.CC.CC.CC.CC.CC.CC.c1ccc2c(c1)CC1[C@@H]2[C@H]2c3ccccc3[C@@H]12.c1ccc2c(c1)CC1[C@H]3[C@H]([C@H]4[C@H]5c6ccccc6[C@H]5[C@@H]34)[C@H]21.c1ccc2c(c1)Cc1ccccc1-2. The van der Waals surface area contributed by atoms with Gasteiger partial charge in [-0.2, -0.15) is 0 Å². The van der Waals surface area contributed by atoms with Crippen LogP contribution in [0.2, 0.25) is 0 Å². The summed E-state index contributed by atoms with van der Waals surface area (Å²) in [5, 5.41) is 0. The lowest BCUT2D eigenvalue weighted by atomic mass is 9.23. The van der Waals surface area contributed by atoms with E-state index < -0.39 is 0 Å². The van der Waals surface area contributed by atoms with E-state index in [1.165, 1.54) is 35.1 Å². The average molecular weight is 1020 g/mol. The zero-order valence-electron chi connectivity index (χ0n) is 46.9. The molecule has 4 saturated carbocycles. The minimum atomic E-state index is 0. The van der Waals surface area contributed by atoms with E-state index in [4.69, 9.17) is 0 Å². The molecule has 0 spiro atoms. The van der Waals surface area contributed by atoms with Crippen LogP contribution >= 0.6 is 0 Å². The molecule has 0 bridgehead atoms. The van der Waals surface area contributed by atoms with Crippen molar-refractivity contribution < 1.29 is 0 Å². The summed E-state index contributed by atoms with van der Waals surface area (Å²) in [5.41, 5.74) is 19.1. The molecule has 15 rings (SSSR count). The Morgan fingerprint density at radius 3 is 0.880 bits per heavy atom. The average Bonchev–Trinajstić information content (AvgIpc) is 4.09. The summed E-state index contributed by atoms with van der Waals surface area (Å²) in [5.74, 6) is 11.5. The number of fused-ring (bicyclic) bond motifs is 27. The van der Waals surface area contributed by atoms with E-state index in [1.54, 1.807) is 44.5 Å². The van der Waals surface area contributed by atoms with Gasteiger partial charge in [-0.1, -0.05) is 315 Å². The summed E-state index contributed by atoms with van der Waals surface area (Å²) in [6.07, 6.45) is 3.80. The van der Waals surface area contributed by atoms with Gasteiger partial charge in [0.2, 0.25) is 0 Å². The van der Waals surface area contributed by atoms with Crippen molar-refractivity contribution in [2.75, 3.05) is 0 Å². The van der Waals surface area contributed by atoms with Crippen LogP contribution in [0.3, 0.4) is 0 Å². The van der Waals surface area contributed by atoms with Crippen molar-refractivity contribution >= 4 is 0 Å². The number of benzene rings is 6. The fourth-order valence-corrected chi connectivity index (χ4v) is 14.1. The Hall–Kier alpha value is -4.68. The summed E-state index contributed by atoms with van der Waals surface area (Å²) in [4.78, 5) is 0. The van der Waals surface area contributed by atoms with Gasteiger partial charge in [-0.15, -0.1) is 0 Å². The molecular weight excluding hydrogens is 901 g/mol. The highest BCUT2D eigenvalue weighted by atomic mass is 14.8. The molecule has 0 nitrogen and oxygen atoms in total. The molecule has 6 aromatic rings. The van der Waals surface area contributed by atoms with E-state index in [0.717, 1.165) is 77.4 Å². The second kappa shape index (κ2) is 36.4. The molecule has 0 aromatic heterocycles. The Balaban J connectivity index is -0.000000884. The third-order valence-corrected chi connectivity index (χ3v) is 15.9. The molecule has 0 saturated heterocycles. The third kappa shape index (κ3) is 12.7. The standard InChI is InChI=1S/C21H18.C17H14.C13H10.9C2H6.6CH4/c1-2-6-11-10(5-1)9-14-15(11)19-18(14)20-16-12-7-3-4-8-13(12)17(16)21(19)20;1-2-6-11-10(5-1)9-14-15(11)17-13-8-4-3-7-12(13)16(14)17;1-3-7-12-10(5-1)9-11-6-2-4-8-13(11)12;9*1-2;;;;;;/h1-8,14-21H,9H2;1-8,14-17H,9H2;1-8H,9H2;9*1-2H3;6*1H4/t14?,15-,16-,17+,18+,19-,20+,21-;14?,15-,16+,17-;;;;;;;;;;;;;;;;/m11................/s1. The second-order valence-corrected chi connectivity index (χ2v) is 17.3. The van der Waals surface area contributed by atoms with Crippen LogP contribution in [0.4, 0.5) is 0 Å². The highest BCUT2D eigenvalue weighted by molar-refractivity contribution is 5.76. The maximum atomic E-state index is 2.43. The van der Waals surface area contributed by atoms with Crippen molar-refractivity contribution in [1.29, 1.82) is 0 Å². The van der Waals surface area contributed by atoms with Gasteiger partial charge in [-0.3, -0.25) is 0 Å². The van der Waals surface area contributed by atoms with E-state index in [1.807, 2.05) is 125 Å². The Morgan fingerprint density at radius 2 is 0.480 bits per heavy atom. The van der Waals surface area contributed by atoms with Gasteiger partial charge in [0.1, 0.15) is 0 Å². The van der Waals surface area contributed by atoms with Crippen molar-refractivity contribution in [2.45, 2.75) is 224 Å². The fraction of sp³-hybridized carbons (Fsp3) is 0.520. The molecule has 12 atom stereocenters. The Labute approximate surface area is 469 Å². The molecule has 9 aliphatic rings. The van der Waals surface area contributed by atoms with Crippen LogP contribution in [0.25, 0.3) is 11.1 Å². The quantitative estimate of drug-likeness (QED) is 0.105. The smallest absolute Gasteiger partial charge is 0.00135 e. The van der Waals surface area contributed by atoms with Gasteiger partial charge in [0.25, 0.3) is 0 Å². The van der Waals surface area contributed by atoms with E-state index in [0.29, 0.717) is 0 Å². The van der Waals surface area contributed by atoms with E-state index in [9.17, 15) is 0 Å². The molecule has 0 heteroatoms. The zero-order valence-corrected chi connectivity index (χ0v) is 46.9. The molecule has 0 radical (unpaired) electrons. The van der Waals surface area contributed by atoms with Crippen LogP contribution in [0.5, 0.6) is 0 Å². The third-order valence-electron chi connectivity index (χ3n) is 15.9. The number of hydrogen-bond acceptors (Lipinski definition) is 0. The lowest BCUT2D eigenvalue weighted by Gasteiger charge is -2.80. The monoisotopic (exact) mass is 1020 g/mol. The lowest BCUT2D eigenvalue weighted by Crippen LogP contribution is -2.74. The highest BCUT2D eigenvalue weighted by Gasteiger charge is 2.78. The van der Waals surface area contributed by atoms with Crippen molar-refractivity contribution in [1.82, 2.24) is 0 Å². The Morgan fingerprint density at radius 1 is 0.227 bits per heavy atom. The van der Waals surface area contributed by atoms with Gasteiger partial charge < -0.3 is 0 Å². The van der Waals surface area contributed by atoms with Crippen molar-refractivity contribution in [3.8, 4) is 11.1 Å². The van der Waals surface area contributed by atoms with Gasteiger partial charge in [0.15, 0.2) is 0 Å². The van der Waals surface area contributed by atoms with Gasteiger partial charge in [0.05, 0.1) is 0 Å². The van der Waals surface area contributed by atoms with Crippen molar-refractivity contribution in [3.05, 3.63) is 201 Å². The summed E-state index contributed by atoms with van der Waals surface area (Å²) >= 11 is 0. The molecule has 6 aromatic carbocycles. The molecule has 420 valence electrons. The van der Waals surface area contributed by atoms with Crippen LogP contribution in [-0.2, 0) is 19.3 Å². The maximum absolute atomic E-state index is 2.43. The first-order chi connectivity index (χ1) is 34.3. The van der Waals surface area contributed by atoms with Crippen LogP contribution < -0.4 is 0 Å². The first-order valence-electron chi connectivity index (χ1n) is 28.8. The molecule has 0 N–H and O–H groups in total. The minimum absolute atomic E-state index is 0. The first kappa shape index (κ1) is 74.6. The number of hydrogen-bond donors (Lipinski definition) is 0. The summed E-state index contributed by atoms with van der Waals surface area (Å²) in [6, 6.07) is 54.1. The molecule has 0 heterocycles. The molecule has 4 fully saturated rings. The van der Waals surface area contributed by atoms with Gasteiger partial charge >= 0.3 is 0 Å². The lowest BCUT2D eigenvalue weighted by molar-refractivity contribution is -0.254. The summed E-state index contributed by atoms with van der Waals surface area (Å²) in [7, 11) is 0. The van der Waals surface area contributed by atoms with Gasteiger partial charge in [0, 0.05) is 0 Å². The van der Waals surface area contributed by atoms with Crippen LogP contribution in [0.1, 0.15) is 260 Å². The fourth-order valence-electron chi connectivity index (χ4n) is 14.1. The van der Waals surface area contributed by atoms with E-state index in [2.05, 4.69) is 146 Å². The second-order valence-electron chi connectivity index (χ2n) is 17.3. The predicted octanol–water partition coefficient (Wildman–Crippen LogP) is 24.5. The normalized spacial score (nSPS) is 24.4. The van der Waals surface area contributed by atoms with Crippen molar-refractivity contribution in [2.24, 2.45) is 35.5 Å². The molecule has 0 amide bonds. The zero-order chi connectivity index (χ0) is 50.9. The molecule has 2 unspecified atom stereocenters. The predicted molar refractivity (Wildman–Crippen MR) is 348 cm³/mol. The molecule has 9 aliphatic carbocycles. The van der Waals surface area contributed by atoms with E-state index in [-0.39, 0.29) is 44.6 Å². The number of rotatable bonds is 0. The summed E-state index contributed by atoms with van der Waals surface area (Å²) in [6.45, 7) is 36.0. The maximum Gasteiger partial charge on any atom is -0.00135 e. The van der Waals surface area contributed by atoms with Crippen LogP contribution in [-0.4, -0.2) is 0 Å².